The van der Waals surface area contributed by atoms with Crippen LogP contribution in [0.15, 0.2) is 30.9 Å². The number of carbonyl (C=O) groups excluding carboxylic acids is 4. The Morgan fingerprint density at radius 1 is 0.985 bits per heavy atom. The van der Waals surface area contributed by atoms with Crippen LogP contribution in [-0.2, 0) is 46.7 Å². The van der Waals surface area contributed by atoms with Crippen LogP contribution in [0.3, 0.4) is 0 Å². The average molecular weight is 933 g/mol. The Bertz CT molecular complexity index is 2200. The third-order valence-corrected chi connectivity index (χ3v) is 17.8. The summed E-state index contributed by atoms with van der Waals surface area (Å²) < 4.78 is 53.2. The predicted octanol–water partition coefficient (Wildman–Crippen LogP) is 4.90. The summed E-state index contributed by atoms with van der Waals surface area (Å²) >= 11 is 0. The number of alkyl carbamates (subject to hydrolysis) is 1. The normalized spacial score (nSPS) is 31.4. The van der Waals surface area contributed by atoms with Crippen LogP contribution in [0.5, 0.6) is 11.6 Å². The summed E-state index contributed by atoms with van der Waals surface area (Å²) in [6.45, 7) is 9.77. The number of pyridine rings is 1. The maximum atomic E-state index is 15.2. The summed E-state index contributed by atoms with van der Waals surface area (Å²) in [5.74, 6) is -1.17. The minimum Gasteiger partial charge on any atom is -0.491 e. The first-order chi connectivity index (χ1) is 31.9. The van der Waals surface area contributed by atoms with Crippen LogP contribution in [0.25, 0.3) is 6.08 Å². The van der Waals surface area contributed by atoms with Gasteiger partial charge in [-0.2, -0.15) is 0 Å². The molecule has 2 bridgehead atoms. The molecule has 2 saturated heterocycles. The first-order valence-electron chi connectivity index (χ1n) is 24.7. The summed E-state index contributed by atoms with van der Waals surface area (Å²) in [5, 5.41) is 5.95. The zero-order chi connectivity index (χ0) is 46.1. The van der Waals surface area contributed by atoms with Gasteiger partial charge >= 0.3 is 6.09 Å². The van der Waals surface area contributed by atoms with Gasteiger partial charge in [0.05, 0.1) is 35.8 Å². The highest BCUT2D eigenvalue weighted by Gasteiger charge is 2.58. The number of aromatic nitrogens is 1. The van der Waals surface area contributed by atoms with E-state index in [2.05, 4.69) is 26.8 Å². The van der Waals surface area contributed by atoms with Crippen LogP contribution < -0.4 is 24.8 Å². The van der Waals surface area contributed by atoms with Crippen molar-refractivity contribution in [3.8, 4) is 11.6 Å². The van der Waals surface area contributed by atoms with Crippen molar-refractivity contribution in [3.63, 3.8) is 0 Å². The number of nitrogens with one attached hydrogen (secondary N) is 3. The summed E-state index contributed by atoms with van der Waals surface area (Å²) in [6, 6.07) is -2.09. The molecule has 1 aromatic heterocycles. The van der Waals surface area contributed by atoms with Gasteiger partial charge in [0.25, 0.3) is 5.91 Å². The lowest BCUT2D eigenvalue weighted by atomic mass is 9.66. The lowest BCUT2D eigenvalue weighted by molar-refractivity contribution is -0.145. The molecule has 17 heteroatoms. The van der Waals surface area contributed by atoms with Crippen LogP contribution in [0, 0.1) is 17.8 Å². The van der Waals surface area contributed by atoms with Gasteiger partial charge in [-0.05, 0) is 89.0 Å². The number of sulfonamides is 1. The first kappa shape index (κ1) is 46.6. The fourth-order valence-electron chi connectivity index (χ4n) is 10.9. The predicted molar refractivity (Wildman–Crippen MR) is 246 cm³/mol. The van der Waals surface area contributed by atoms with Crippen molar-refractivity contribution in [3.05, 3.63) is 47.7 Å². The van der Waals surface area contributed by atoms with E-state index < -0.39 is 68.2 Å². The van der Waals surface area contributed by atoms with Gasteiger partial charge in [0, 0.05) is 44.0 Å². The number of hydrogen-bond acceptors (Lipinski definition) is 12. The molecule has 360 valence electrons. The van der Waals surface area contributed by atoms with Crippen LogP contribution in [0.4, 0.5) is 4.79 Å². The number of nitrogens with zero attached hydrogens (tertiary/aromatic N) is 3. The highest BCUT2D eigenvalue weighted by Crippen LogP contribution is 2.45. The number of fused-ring (bicyclic) bond motifs is 5. The number of hydrogen-bond donors (Lipinski definition) is 3. The molecule has 9 rings (SSSR count). The molecule has 6 fully saturated rings. The van der Waals surface area contributed by atoms with E-state index >= 15 is 4.79 Å². The molecule has 4 saturated carbocycles. The number of allylic oxidation sites excluding steroid dienone is 3. The van der Waals surface area contributed by atoms with E-state index in [-0.39, 0.29) is 37.3 Å². The zero-order valence-corrected chi connectivity index (χ0v) is 39.3. The van der Waals surface area contributed by atoms with E-state index in [1.807, 2.05) is 24.3 Å². The van der Waals surface area contributed by atoms with Gasteiger partial charge in [-0.3, -0.25) is 24.0 Å². The second kappa shape index (κ2) is 19.6. The summed E-state index contributed by atoms with van der Waals surface area (Å²) in [5.41, 5.74) is 0.960. The number of carbonyl (C=O) groups is 4. The Morgan fingerprint density at radius 3 is 2.47 bits per heavy atom. The highest BCUT2D eigenvalue weighted by molar-refractivity contribution is 7.91. The zero-order valence-electron chi connectivity index (χ0n) is 38.4. The molecule has 3 aliphatic heterocycles. The van der Waals surface area contributed by atoms with E-state index in [1.165, 1.54) is 4.90 Å². The van der Waals surface area contributed by atoms with Gasteiger partial charge in [-0.15, -0.1) is 6.58 Å². The van der Waals surface area contributed by atoms with Crippen molar-refractivity contribution in [2.75, 3.05) is 46.0 Å². The lowest BCUT2D eigenvalue weighted by Gasteiger charge is -2.47. The fraction of sp³-hybridized carbons (Fsp3) is 0.694. The van der Waals surface area contributed by atoms with Gasteiger partial charge in [-0.25, -0.2) is 18.2 Å². The van der Waals surface area contributed by atoms with Crippen LogP contribution in [-0.4, -0.2) is 128 Å². The third kappa shape index (κ3) is 9.90. The van der Waals surface area contributed by atoms with E-state index in [4.69, 9.17) is 23.9 Å². The molecule has 7 atom stereocenters. The summed E-state index contributed by atoms with van der Waals surface area (Å²) in [6.07, 6.45) is 19.7. The van der Waals surface area contributed by atoms with Crippen molar-refractivity contribution in [1.82, 2.24) is 30.1 Å². The van der Waals surface area contributed by atoms with Crippen molar-refractivity contribution >= 4 is 39.9 Å². The lowest BCUT2D eigenvalue weighted by Crippen LogP contribution is -2.70. The van der Waals surface area contributed by atoms with Crippen molar-refractivity contribution < 1.29 is 46.5 Å². The van der Waals surface area contributed by atoms with Gasteiger partial charge in [-0.1, -0.05) is 56.4 Å². The average Bonchev–Trinajstić information content (AvgIpc) is 4.21. The van der Waals surface area contributed by atoms with Crippen LogP contribution >= 0.6 is 0 Å². The molecule has 7 unspecified atom stereocenters. The number of amides is 4. The SMILES string of the molecule is C=CC1CCC1(NC(=O)C1CC2CN1C(=O)C(C1CCCCC1)NC(=O)OC1CC1CCCCCc1c(nc3c(c1OCCN1CCOCC1)C=CC=CC3)O2)C(=O)NS(=O)(=O)C1(C)CC1. The van der Waals surface area contributed by atoms with Gasteiger partial charge < -0.3 is 34.5 Å². The Hall–Kier alpha value is -4.48. The van der Waals surface area contributed by atoms with E-state index in [0.717, 1.165) is 106 Å². The number of ether oxygens (including phenoxy) is 4. The molecular formula is C49H68N6O10S. The van der Waals surface area contributed by atoms with Gasteiger partial charge in [0.15, 0.2) is 0 Å². The summed E-state index contributed by atoms with van der Waals surface area (Å²) in [4.78, 5) is 67.0. The Balaban J connectivity index is 1.06. The second-order valence-electron chi connectivity index (χ2n) is 20.1. The van der Waals surface area contributed by atoms with Crippen LogP contribution in [0.2, 0.25) is 0 Å². The standard InChI is InChI=1S/C49H68N6O10S/c1-3-34-19-20-49(34,46(58)53-66(60,61)48(2)21-22-48)52-43(56)39-30-35-31-55(39)45(57)41(32-13-7-4-8-14-32)51-47(59)65-40-29-33(40)15-9-5-11-17-37-42(63-28-25-54-23-26-62-27-24-54)36-16-10-6-12-18-38(36)50-44(37)64-35/h3,6,10,12,16,32-35,39-41H,1,4-5,7-9,11,13-15,17-31H2,2H3,(H,51,59)(H,52,56)(H,53,58). The van der Waals surface area contributed by atoms with E-state index in [9.17, 15) is 22.8 Å². The van der Waals surface area contributed by atoms with Crippen molar-refractivity contribution in [2.24, 2.45) is 17.8 Å². The van der Waals surface area contributed by atoms with Crippen molar-refractivity contribution in [1.29, 1.82) is 0 Å². The smallest absolute Gasteiger partial charge is 0.408 e. The van der Waals surface area contributed by atoms with Crippen molar-refractivity contribution in [2.45, 2.75) is 151 Å². The van der Waals surface area contributed by atoms with Crippen LogP contribution in [0.1, 0.15) is 120 Å². The molecule has 8 aliphatic rings. The molecule has 5 aliphatic carbocycles. The Labute approximate surface area is 389 Å². The Kier molecular flexibility index (Phi) is 13.9. The van der Waals surface area contributed by atoms with Gasteiger partial charge in [0.1, 0.15) is 42.2 Å². The van der Waals surface area contributed by atoms with E-state index in [1.54, 1.807) is 13.0 Å². The summed E-state index contributed by atoms with van der Waals surface area (Å²) in [7, 11) is -4.03. The molecular weight excluding hydrogens is 865 g/mol. The minimum atomic E-state index is -4.03. The Morgan fingerprint density at radius 2 is 1.74 bits per heavy atom. The largest absolute Gasteiger partial charge is 0.491 e. The maximum Gasteiger partial charge on any atom is 0.408 e. The molecule has 4 amide bonds. The highest BCUT2D eigenvalue weighted by atomic mass is 32.2. The molecule has 0 spiro atoms. The minimum absolute atomic E-state index is 0.00359. The monoisotopic (exact) mass is 932 g/mol. The third-order valence-electron chi connectivity index (χ3n) is 15.7. The topological polar surface area (TPSA) is 195 Å². The molecule has 66 heavy (non-hydrogen) atoms. The molecule has 3 N–H and O–H groups in total. The van der Waals surface area contributed by atoms with Gasteiger partial charge in [0.2, 0.25) is 27.7 Å². The molecule has 0 radical (unpaired) electrons. The molecule has 0 aromatic carbocycles. The second-order valence-corrected chi connectivity index (χ2v) is 22.3. The molecule has 1 aromatic rings. The first-order valence-corrected chi connectivity index (χ1v) is 26.1. The maximum absolute atomic E-state index is 15.2. The molecule has 16 nitrogen and oxygen atoms in total. The fourth-order valence-corrected chi connectivity index (χ4v) is 12.2. The quantitative estimate of drug-likeness (QED) is 0.255. The number of morpholine rings is 1. The molecule has 4 heterocycles. The number of rotatable bonds is 11. The van der Waals surface area contributed by atoms with E-state index in [0.29, 0.717) is 57.8 Å².